The van der Waals surface area contributed by atoms with Gasteiger partial charge in [0.15, 0.2) is 0 Å². The Kier molecular flexibility index (Phi) is 20.3. The molecule has 3 aromatic carbocycles. The zero-order valence-corrected chi connectivity index (χ0v) is 42.8. The highest BCUT2D eigenvalue weighted by atomic mass is 16.5. The molecule has 0 fully saturated rings. The van der Waals surface area contributed by atoms with Crippen molar-refractivity contribution in [3.05, 3.63) is 82.9 Å². The lowest BCUT2D eigenvalue weighted by Crippen LogP contribution is -2.35. The van der Waals surface area contributed by atoms with Crippen LogP contribution in [0.15, 0.2) is 60.7 Å². The SMILES string of the molecule is CCCCC(CC)Oc1ccc(OC(CC)CCCC)c(-c2cc(C(C)(C)C)ccc2/C=C/C(C)(C)C(C)(C)c2cc(OC(CC)CCCC)c(/C=C/C(C)(C)C)cc2OC)c1. The van der Waals surface area contributed by atoms with E-state index in [2.05, 4.69) is 184 Å². The molecule has 4 nitrogen and oxygen atoms in total. The van der Waals surface area contributed by atoms with Crippen molar-refractivity contribution in [2.24, 2.45) is 10.8 Å². The normalized spacial score (nSPS) is 14.3. The maximum atomic E-state index is 6.97. The van der Waals surface area contributed by atoms with E-state index in [1.165, 1.54) is 5.56 Å². The Balaban J connectivity index is 2.28. The molecule has 62 heavy (non-hydrogen) atoms. The molecule has 0 radical (unpaired) electrons. The summed E-state index contributed by atoms with van der Waals surface area (Å²) in [7, 11) is 1.80. The van der Waals surface area contributed by atoms with Gasteiger partial charge >= 0.3 is 0 Å². The second kappa shape index (κ2) is 23.9. The third-order valence-electron chi connectivity index (χ3n) is 13.1. The maximum Gasteiger partial charge on any atom is 0.127 e. The molecule has 0 saturated heterocycles. The van der Waals surface area contributed by atoms with Crippen LogP contribution in [-0.4, -0.2) is 25.4 Å². The predicted molar refractivity (Wildman–Crippen MR) is 271 cm³/mol. The second-order valence-corrected chi connectivity index (χ2v) is 21.1. The van der Waals surface area contributed by atoms with E-state index in [-0.39, 0.29) is 40.0 Å². The summed E-state index contributed by atoms with van der Waals surface area (Å²) in [5.41, 5.74) is 6.23. The van der Waals surface area contributed by atoms with Crippen LogP contribution in [0.25, 0.3) is 23.3 Å². The Morgan fingerprint density at radius 1 is 0.516 bits per heavy atom. The molecule has 0 amide bonds. The van der Waals surface area contributed by atoms with E-state index < -0.39 is 0 Å². The van der Waals surface area contributed by atoms with Gasteiger partial charge in [-0.05, 0) is 108 Å². The highest BCUT2D eigenvalue weighted by molar-refractivity contribution is 5.81. The maximum absolute atomic E-state index is 6.97. The molecule has 0 bridgehead atoms. The van der Waals surface area contributed by atoms with Crippen molar-refractivity contribution in [3.63, 3.8) is 0 Å². The van der Waals surface area contributed by atoms with Gasteiger partial charge in [0.25, 0.3) is 0 Å². The van der Waals surface area contributed by atoms with Crippen LogP contribution in [0.1, 0.15) is 210 Å². The summed E-state index contributed by atoms with van der Waals surface area (Å²) in [5, 5.41) is 0. The van der Waals surface area contributed by atoms with Gasteiger partial charge in [0.2, 0.25) is 0 Å². The molecule has 0 heterocycles. The van der Waals surface area contributed by atoms with Crippen LogP contribution >= 0.6 is 0 Å². The van der Waals surface area contributed by atoms with Crippen molar-refractivity contribution in [2.75, 3.05) is 7.11 Å². The molecular formula is C58H90O4. The van der Waals surface area contributed by atoms with Crippen LogP contribution < -0.4 is 18.9 Å². The number of hydrogen-bond donors (Lipinski definition) is 0. The molecule has 346 valence electrons. The Labute approximate surface area is 381 Å². The molecule has 3 aromatic rings. The van der Waals surface area contributed by atoms with Crippen molar-refractivity contribution in [1.82, 2.24) is 0 Å². The fourth-order valence-corrected chi connectivity index (χ4v) is 7.84. The fraction of sp³-hybridized carbons (Fsp3) is 0.621. The van der Waals surface area contributed by atoms with Gasteiger partial charge in [-0.15, -0.1) is 0 Å². The van der Waals surface area contributed by atoms with Crippen molar-refractivity contribution < 1.29 is 18.9 Å². The molecular weight excluding hydrogens is 761 g/mol. The van der Waals surface area contributed by atoms with Gasteiger partial charge in [-0.25, -0.2) is 0 Å². The molecule has 0 aromatic heterocycles. The topological polar surface area (TPSA) is 36.9 Å². The Hall–Kier alpha value is -3.66. The number of methoxy groups -OCH3 is 1. The highest BCUT2D eigenvalue weighted by Crippen LogP contribution is 2.49. The van der Waals surface area contributed by atoms with Gasteiger partial charge in [-0.2, -0.15) is 0 Å². The molecule has 0 aliphatic rings. The predicted octanol–water partition coefficient (Wildman–Crippen LogP) is 17.8. The van der Waals surface area contributed by atoms with Crippen LogP contribution in [0.2, 0.25) is 0 Å². The standard InChI is InChI=1S/C58H90O4/c1-18-24-27-45(21-4)60-48-32-33-52(61-46(22-5)28-25-19-2)50(40-48)49-39-44(56(10,11)12)31-30-42(49)35-37-57(13,14)58(15,16)51-41-53(62-47(23-6)29-26-20-3)43(38-54(51)59-17)34-36-55(7,8)9/h30-41,45-47H,18-29H2,1-17H3/b36-34+,37-35+. The van der Waals surface area contributed by atoms with E-state index in [9.17, 15) is 0 Å². The molecule has 3 unspecified atom stereocenters. The minimum Gasteiger partial charge on any atom is -0.496 e. The quantitative estimate of drug-likeness (QED) is 0.0851. The van der Waals surface area contributed by atoms with Crippen molar-refractivity contribution >= 4 is 12.2 Å². The van der Waals surface area contributed by atoms with Crippen LogP contribution in [-0.2, 0) is 10.8 Å². The largest absolute Gasteiger partial charge is 0.496 e. The van der Waals surface area contributed by atoms with Crippen molar-refractivity contribution in [1.29, 1.82) is 0 Å². The first-order valence-corrected chi connectivity index (χ1v) is 24.6. The second-order valence-electron chi connectivity index (χ2n) is 21.1. The average molecular weight is 851 g/mol. The van der Waals surface area contributed by atoms with Crippen molar-refractivity contribution in [2.45, 2.75) is 217 Å². The number of hydrogen-bond acceptors (Lipinski definition) is 4. The van der Waals surface area contributed by atoms with E-state index in [0.29, 0.717) is 0 Å². The van der Waals surface area contributed by atoms with E-state index in [1.54, 1.807) is 7.11 Å². The highest BCUT2D eigenvalue weighted by Gasteiger charge is 2.39. The fourth-order valence-electron chi connectivity index (χ4n) is 7.84. The van der Waals surface area contributed by atoms with Gasteiger partial charge in [0, 0.05) is 22.1 Å². The summed E-state index contributed by atoms with van der Waals surface area (Å²) in [6.45, 7) is 36.4. The first-order valence-electron chi connectivity index (χ1n) is 24.6. The summed E-state index contributed by atoms with van der Waals surface area (Å²) >= 11 is 0. The number of unbranched alkanes of at least 4 members (excludes halogenated alkanes) is 3. The summed E-state index contributed by atoms with van der Waals surface area (Å²) in [4.78, 5) is 0. The van der Waals surface area contributed by atoms with Gasteiger partial charge in [-0.3, -0.25) is 0 Å². The van der Waals surface area contributed by atoms with Gasteiger partial charge in [-0.1, -0.05) is 186 Å². The van der Waals surface area contributed by atoms with Gasteiger partial charge < -0.3 is 18.9 Å². The molecule has 3 atom stereocenters. The van der Waals surface area contributed by atoms with Crippen LogP contribution in [0.4, 0.5) is 0 Å². The zero-order valence-electron chi connectivity index (χ0n) is 42.8. The van der Waals surface area contributed by atoms with Gasteiger partial charge in [0.1, 0.15) is 23.0 Å². The Morgan fingerprint density at radius 2 is 1.05 bits per heavy atom. The van der Waals surface area contributed by atoms with Crippen LogP contribution in [0.3, 0.4) is 0 Å². The van der Waals surface area contributed by atoms with Crippen LogP contribution in [0, 0.1) is 10.8 Å². The summed E-state index contributed by atoms with van der Waals surface area (Å²) < 4.78 is 26.9. The van der Waals surface area contributed by atoms with E-state index in [4.69, 9.17) is 18.9 Å². The molecule has 0 aliphatic heterocycles. The lowest BCUT2D eigenvalue weighted by molar-refractivity contribution is 0.178. The number of ether oxygens (including phenoxy) is 4. The molecule has 0 N–H and O–H groups in total. The van der Waals surface area contributed by atoms with E-state index in [0.717, 1.165) is 128 Å². The number of benzene rings is 3. The lowest BCUT2D eigenvalue weighted by atomic mass is 9.63. The lowest BCUT2D eigenvalue weighted by Gasteiger charge is -2.41. The Bertz CT molecular complexity index is 1860. The summed E-state index contributed by atoms with van der Waals surface area (Å²) in [6, 6.07) is 18.0. The molecule has 3 rings (SSSR count). The summed E-state index contributed by atoms with van der Waals surface area (Å²) in [5.74, 6) is 3.63. The van der Waals surface area contributed by atoms with Crippen molar-refractivity contribution in [3.8, 4) is 34.1 Å². The third kappa shape index (κ3) is 15.0. The average Bonchev–Trinajstić information content (AvgIpc) is 3.23. The van der Waals surface area contributed by atoms with Crippen LogP contribution in [0.5, 0.6) is 23.0 Å². The number of allylic oxidation sites excluding steroid dienone is 2. The molecule has 4 heteroatoms. The minimum absolute atomic E-state index is 0.0338. The van der Waals surface area contributed by atoms with E-state index in [1.807, 2.05) is 0 Å². The Morgan fingerprint density at radius 3 is 1.55 bits per heavy atom. The molecule has 0 aliphatic carbocycles. The first kappa shape index (κ1) is 52.7. The minimum atomic E-state index is -0.348. The molecule has 0 saturated carbocycles. The monoisotopic (exact) mass is 851 g/mol. The van der Waals surface area contributed by atoms with E-state index >= 15 is 0 Å². The molecule has 0 spiro atoms. The smallest absolute Gasteiger partial charge is 0.127 e. The zero-order chi connectivity index (χ0) is 46.3. The summed E-state index contributed by atoms with van der Waals surface area (Å²) in [6.07, 6.45) is 22.7. The van der Waals surface area contributed by atoms with Gasteiger partial charge in [0.05, 0.1) is 25.4 Å². The first-order chi connectivity index (χ1) is 29.2. The number of rotatable bonds is 25. The third-order valence-corrected chi connectivity index (χ3v) is 13.1.